The lowest BCUT2D eigenvalue weighted by Crippen LogP contribution is -2.43. The molecule has 2 aliphatic heterocycles. The molecular weight excluding hydrogens is 683 g/mol. The molecule has 3 aromatic carbocycles. The molecule has 4 aromatic rings. The fourth-order valence-electron chi connectivity index (χ4n) is 6.80. The number of hydrogen-bond acceptors (Lipinski definition) is 11. The molecule has 13 heteroatoms. The van der Waals surface area contributed by atoms with Crippen LogP contribution in [-0.4, -0.2) is 72.1 Å². The molecule has 0 N–H and O–H groups in total. The zero-order chi connectivity index (χ0) is 36.8. The number of hydrogen-bond donors (Lipinski definition) is 0. The van der Waals surface area contributed by atoms with E-state index in [0.29, 0.717) is 11.5 Å². The minimum atomic E-state index is -1.69. The Balaban J connectivity index is 1.43. The van der Waals surface area contributed by atoms with Gasteiger partial charge in [-0.1, -0.05) is 54.6 Å². The molecule has 6 rings (SSSR count). The highest BCUT2D eigenvalue weighted by Crippen LogP contribution is 2.52. The zero-order valence-corrected chi connectivity index (χ0v) is 31.1. The van der Waals surface area contributed by atoms with Gasteiger partial charge < -0.3 is 32.7 Å². The van der Waals surface area contributed by atoms with E-state index in [2.05, 4.69) is 43.4 Å². The van der Waals surface area contributed by atoms with Crippen LogP contribution in [0.15, 0.2) is 95.9 Å². The van der Waals surface area contributed by atoms with Gasteiger partial charge in [0.15, 0.2) is 12.3 Å². The predicted molar refractivity (Wildman–Crippen MR) is 195 cm³/mol. The Bertz CT molecular complexity index is 1810. The van der Waals surface area contributed by atoms with Crippen LogP contribution >= 0.6 is 8.53 Å². The molecule has 2 aliphatic rings. The van der Waals surface area contributed by atoms with Crippen molar-refractivity contribution < 1.29 is 32.7 Å². The Labute approximate surface area is 305 Å². The molecule has 5 atom stereocenters. The highest BCUT2D eigenvalue weighted by molar-refractivity contribution is 7.44. The van der Waals surface area contributed by atoms with Gasteiger partial charge in [-0.3, -0.25) is 9.36 Å². The molecular formula is C39H45N4O8P. The molecule has 52 heavy (non-hydrogen) atoms. The third kappa shape index (κ3) is 7.57. The summed E-state index contributed by atoms with van der Waals surface area (Å²) in [5.41, 5.74) is 1.12. The summed E-state index contributed by atoms with van der Waals surface area (Å²) in [7, 11) is 1.58. The second-order valence-electron chi connectivity index (χ2n) is 13.0. The first-order chi connectivity index (χ1) is 25.2. The molecule has 0 aliphatic carbocycles. The van der Waals surface area contributed by atoms with Gasteiger partial charge in [-0.2, -0.15) is 10.2 Å². The summed E-state index contributed by atoms with van der Waals surface area (Å²) >= 11 is 0. The van der Waals surface area contributed by atoms with E-state index in [0.717, 1.165) is 16.7 Å². The predicted octanol–water partition coefficient (Wildman–Crippen LogP) is 6.59. The number of nitrogens with zero attached hydrogens (tertiary/aromatic N) is 4. The average Bonchev–Trinajstić information content (AvgIpc) is 3.67. The van der Waals surface area contributed by atoms with E-state index in [1.807, 2.05) is 78.9 Å². The normalized spacial score (nSPS) is 20.0. The number of benzene rings is 3. The van der Waals surface area contributed by atoms with Crippen molar-refractivity contribution in [3.05, 3.63) is 118 Å². The van der Waals surface area contributed by atoms with Crippen molar-refractivity contribution in [3.8, 4) is 23.6 Å². The fraction of sp³-hybridized carbons (Fsp3) is 0.410. The molecule has 0 saturated carbocycles. The van der Waals surface area contributed by atoms with Crippen LogP contribution in [0.3, 0.4) is 0 Å². The van der Waals surface area contributed by atoms with Crippen LogP contribution in [0.5, 0.6) is 17.5 Å². The highest BCUT2D eigenvalue weighted by Gasteiger charge is 2.55. The van der Waals surface area contributed by atoms with Gasteiger partial charge >= 0.3 is 6.01 Å². The maximum absolute atomic E-state index is 12.2. The van der Waals surface area contributed by atoms with Crippen molar-refractivity contribution in [1.29, 1.82) is 5.26 Å². The summed E-state index contributed by atoms with van der Waals surface area (Å²) in [6.45, 7) is 8.59. The Morgan fingerprint density at radius 3 is 2.06 bits per heavy atom. The van der Waals surface area contributed by atoms with Gasteiger partial charge in [-0.25, -0.2) is 4.67 Å². The van der Waals surface area contributed by atoms with E-state index < -0.39 is 44.2 Å². The van der Waals surface area contributed by atoms with Crippen LogP contribution in [0.2, 0.25) is 0 Å². The summed E-state index contributed by atoms with van der Waals surface area (Å²) in [5, 5.41) is 9.31. The molecule has 3 heterocycles. The van der Waals surface area contributed by atoms with Crippen LogP contribution in [0.4, 0.5) is 0 Å². The summed E-state index contributed by atoms with van der Waals surface area (Å²) in [5.74, 6) is 1.43. The maximum atomic E-state index is 12.2. The third-order valence-electron chi connectivity index (χ3n) is 9.12. The molecule has 0 bridgehead atoms. The van der Waals surface area contributed by atoms with E-state index in [9.17, 15) is 10.1 Å². The average molecular weight is 729 g/mol. The quantitative estimate of drug-likeness (QED) is 0.0705. The molecule has 274 valence electrons. The van der Waals surface area contributed by atoms with Crippen LogP contribution in [0.1, 0.15) is 57.0 Å². The van der Waals surface area contributed by atoms with Gasteiger partial charge in [0.1, 0.15) is 29.3 Å². The van der Waals surface area contributed by atoms with E-state index in [1.54, 1.807) is 25.0 Å². The minimum absolute atomic E-state index is 0.0673. The fourth-order valence-corrected chi connectivity index (χ4v) is 8.57. The van der Waals surface area contributed by atoms with Crippen LogP contribution < -0.4 is 19.8 Å². The van der Waals surface area contributed by atoms with Crippen molar-refractivity contribution in [3.63, 3.8) is 0 Å². The van der Waals surface area contributed by atoms with Crippen LogP contribution in [0, 0.1) is 11.3 Å². The maximum Gasteiger partial charge on any atom is 0.302 e. The SMILES string of the molecule is COc1ccc(C(OC[C@H]2O[C@@H]3[C@@H](Oc4nc(=O)ccn43)[C@@H]2OP(OCCC#N)N(C(C)C)C(C)C)(c2ccccc2)c2ccc(OC)cc2)cc1. The van der Waals surface area contributed by atoms with Gasteiger partial charge in [0.25, 0.3) is 14.1 Å². The van der Waals surface area contributed by atoms with Gasteiger partial charge in [-0.05, 0) is 68.7 Å². The van der Waals surface area contributed by atoms with Crippen molar-refractivity contribution >= 4 is 8.53 Å². The summed E-state index contributed by atoms with van der Waals surface area (Å²) in [6, 6.07) is 29.5. The number of aromatic nitrogens is 2. The van der Waals surface area contributed by atoms with E-state index in [1.165, 1.54) is 6.07 Å². The van der Waals surface area contributed by atoms with Crippen molar-refractivity contribution in [2.75, 3.05) is 27.4 Å². The smallest absolute Gasteiger partial charge is 0.302 e. The number of methoxy groups -OCH3 is 2. The number of nitriles is 1. The Kier molecular flexibility index (Phi) is 11.9. The Hall–Kier alpha value is -4.34. The van der Waals surface area contributed by atoms with Crippen molar-refractivity contribution in [1.82, 2.24) is 14.2 Å². The Morgan fingerprint density at radius 2 is 1.50 bits per heavy atom. The number of fused-ring (bicyclic) bond motifs is 3. The van der Waals surface area contributed by atoms with Crippen LogP contribution in [-0.2, 0) is 24.1 Å². The molecule has 0 amide bonds. The van der Waals surface area contributed by atoms with E-state index in [4.69, 9.17) is 32.7 Å². The largest absolute Gasteiger partial charge is 0.497 e. The first-order valence-corrected chi connectivity index (χ1v) is 18.5. The second-order valence-corrected chi connectivity index (χ2v) is 14.4. The van der Waals surface area contributed by atoms with E-state index in [-0.39, 0.29) is 37.7 Å². The van der Waals surface area contributed by atoms with E-state index >= 15 is 0 Å². The van der Waals surface area contributed by atoms with Crippen molar-refractivity contribution in [2.24, 2.45) is 0 Å². The number of rotatable bonds is 16. The van der Waals surface area contributed by atoms with Gasteiger partial charge in [-0.15, -0.1) is 0 Å². The third-order valence-corrected chi connectivity index (χ3v) is 11.2. The number of ether oxygens (including phenoxy) is 5. The lowest BCUT2D eigenvalue weighted by atomic mass is 9.80. The molecule has 1 aromatic heterocycles. The first-order valence-electron chi connectivity index (χ1n) is 17.3. The van der Waals surface area contributed by atoms with Gasteiger partial charge in [0.2, 0.25) is 0 Å². The minimum Gasteiger partial charge on any atom is -0.497 e. The molecule has 1 fully saturated rings. The summed E-state index contributed by atoms with van der Waals surface area (Å²) in [4.78, 5) is 16.3. The standard InChI is InChI=1S/C39H45N4O8P/c1-26(2)43(27(3)4)52(48-24-10-22-40)51-35-33(49-37-36(35)50-38-41-34(44)21-23-42(37)38)25-47-39(28-11-8-7-9-12-28,29-13-17-31(45-5)18-14-29)30-15-19-32(46-6)20-16-30/h7-9,11-21,23,26-27,33,35-37H,10,24-25H2,1-6H3/t33-,35-,36+,37-,52?/m1/s1. The lowest BCUT2D eigenvalue weighted by molar-refractivity contribution is -0.0915. The van der Waals surface area contributed by atoms with Crippen molar-refractivity contribution in [2.45, 2.75) is 76.3 Å². The first kappa shape index (κ1) is 37.4. The summed E-state index contributed by atoms with van der Waals surface area (Å²) < 4.78 is 48.5. The zero-order valence-electron chi connectivity index (χ0n) is 30.2. The molecule has 12 nitrogen and oxygen atoms in total. The topological polar surface area (TPSA) is 127 Å². The summed E-state index contributed by atoms with van der Waals surface area (Å²) in [6.07, 6.45) is -0.843. The molecule has 0 radical (unpaired) electrons. The van der Waals surface area contributed by atoms with Gasteiger partial charge in [0.05, 0.1) is 39.9 Å². The second kappa shape index (κ2) is 16.6. The lowest BCUT2D eigenvalue weighted by Gasteiger charge is -2.39. The Morgan fingerprint density at radius 1 is 0.904 bits per heavy atom. The van der Waals surface area contributed by atoms with Gasteiger partial charge in [0, 0.05) is 24.3 Å². The highest BCUT2D eigenvalue weighted by atomic mass is 31.2. The molecule has 1 unspecified atom stereocenters. The molecule has 1 saturated heterocycles. The van der Waals surface area contributed by atoms with Crippen LogP contribution in [0.25, 0.3) is 0 Å². The monoisotopic (exact) mass is 728 g/mol. The molecule has 0 spiro atoms.